The third-order valence-corrected chi connectivity index (χ3v) is 4.55. The van der Waals surface area contributed by atoms with Crippen molar-refractivity contribution in [2.75, 3.05) is 18.7 Å². The molecule has 28 heavy (non-hydrogen) atoms. The van der Waals surface area contributed by atoms with E-state index in [1.54, 1.807) is 30.3 Å². The zero-order chi connectivity index (χ0) is 20.9. The molecule has 0 radical (unpaired) electrons. The van der Waals surface area contributed by atoms with Crippen LogP contribution < -0.4 is 14.2 Å². The summed E-state index contributed by atoms with van der Waals surface area (Å²) in [6.07, 6.45) is 0.958. The van der Waals surface area contributed by atoms with E-state index in [1.807, 2.05) is 13.8 Å². The van der Waals surface area contributed by atoms with Crippen LogP contribution in [0.1, 0.15) is 19.4 Å². The molecule has 9 heteroatoms. The summed E-state index contributed by atoms with van der Waals surface area (Å²) in [5.74, 6) is 0.658. The summed E-state index contributed by atoms with van der Waals surface area (Å²) in [5, 5.41) is 3.22. The molecule has 0 atom stereocenters. The maximum atomic E-state index is 12.9. The van der Waals surface area contributed by atoms with Crippen LogP contribution in [0.4, 0.5) is 10.5 Å². The zero-order valence-corrected chi connectivity index (χ0v) is 17.7. The van der Waals surface area contributed by atoms with Gasteiger partial charge in [0.25, 0.3) is 0 Å². The zero-order valence-electron chi connectivity index (χ0n) is 16.1. The summed E-state index contributed by atoms with van der Waals surface area (Å²) in [5.41, 5.74) is 1.00. The van der Waals surface area contributed by atoms with Gasteiger partial charge in [0.1, 0.15) is 11.5 Å². The molecule has 0 spiro atoms. The minimum Gasteiger partial charge on any atom is -0.495 e. The Bertz CT molecular complexity index is 947. The number of nitrogens with zero attached hydrogens (tertiary/aromatic N) is 1. The van der Waals surface area contributed by atoms with Crippen LogP contribution in [0.25, 0.3) is 0 Å². The van der Waals surface area contributed by atoms with Crippen molar-refractivity contribution in [2.24, 2.45) is 0 Å². The first-order valence-corrected chi connectivity index (χ1v) is 10.7. The molecule has 2 aromatic carbocycles. The molecule has 0 saturated carbocycles. The Balaban J connectivity index is 2.30. The fourth-order valence-electron chi connectivity index (χ4n) is 2.52. The van der Waals surface area contributed by atoms with Gasteiger partial charge in [-0.2, -0.15) is 8.42 Å². The van der Waals surface area contributed by atoms with E-state index in [-0.39, 0.29) is 24.4 Å². The number of halogens is 1. The number of anilines is 1. The highest BCUT2D eigenvalue weighted by atomic mass is 35.5. The smallest absolute Gasteiger partial charge is 0.322 e. The lowest BCUT2D eigenvalue weighted by Gasteiger charge is -2.28. The highest BCUT2D eigenvalue weighted by Gasteiger charge is 2.21. The third kappa shape index (κ3) is 6.03. The molecular formula is C19H23ClN2O5S. The van der Waals surface area contributed by atoms with Gasteiger partial charge < -0.3 is 19.1 Å². The highest BCUT2D eigenvalue weighted by Crippen LogP contribution is 2.28. The van der Waals surface area contributed by atoms with Crippen molar-refractivity contribution in [2.45, 2.75) is 26.4 Å². The molecule has 0 saturated heterocycles. The minimum absolute atomic E-state index is 0.101. The van der Waals surface area contributed by atoms with Gasteiger partial charge in [0.2, 0.25) is 0 Å². The van der Waals surface area contributed by atoms with Crippen molar-refractivity contribution in [1.82, 2.24) is 4.90 Å². The fourth-order valence-corrected chi connectivity index (χ4v) is 3.21. The molecule has 0 aliphatic carbocycles. The second-order valence-electron chi connectivity index (χ2n) is 6.39. The number of methoxy groups -OCH3 is 1. The summed E-state index contributed by atoms with van der Waals surface area (Å²) >= 11 is 6.06. The van der Waals surface area contributed by atoms with Gasteiger partial charge in [0, 0.05) is 16.6 Å². The molecule has 152 valence electrons. The van der Waals surface area contributed by atoms with Crippen LogP contribution in [0.3, 0.4) is 0 Å². The van der Waals surface area contributed by atoms with Crippen LogP contribution in [0.5, 0.6) is 11.5 Å². The predicted molar refractivity (Wildman–Crippen MR) is 110 cm³/mol. The number of nitrogens with one attached hydrogen (secondary N) is 1. The van der Waals surface area contributed by atoms with Gasteiger partial charge in [-0.3, -0.25) is 0 Å². The van der Waals surface area contributed by atoms with E-state index in [2.05, 4.69) is 5.32 Å². The molecule has 0 aliphatic rings. The number of hydrogen-bond donors (Lipinski definition) is 1. The van der Waals surface area contributed by atoms with Crippen LogP contribution in [-0.2, 0) is 16.7 Å². The summed E-state index contributed by atoms with van der Waals surface area (Å²) in [4.78, 5) is 14.4. The predicted octanol–water partition coefficient (Wildman–Crippen LogP) is 4.13. The van der Waals surface area contributed by atoms with Crippen molar-refractivity contribution >= 4 is 33.4 Å². The summed E-state index contributed by atoms with van der Waals surface area (Å²) < 4.78 is 33.4. The van der Waals surface area contributed by atoms with Crippen molar-refractivity contribution in [3.63, 3.8) is 0 Å². The lowest BCUT2D eigenvalue weighted by atomic mass is 10.1. The number of ether oxygens (including phenoxy) is 1. The maximum Gasteiger partial charge on any atom is 0.322 e. The summed E-state index contributed by atoms with van der Waals surface area (Å²) in [6.45, 7) is 3.80. The molecule has 2 amide bonds. The highest BCUT2D eigenvalue weighted by molar-refractivity contribution is 7.86. The van der Waals surface area contributed by atoms with Gasteiger partial charge in [-0.1, -0.05) is 23.7 Å². The maximum absolute atomic E-state index is 12.9. The Morgan fingerprint density at radius 3 is 2.46 bits per heavy atom. The number of carbonyl (C=O) groups excluding carboxylic acids is 1. The number of benzene rings is 2. The van der Waals surface area contributed by atoms with Crippen LogP contribution in [0.15, 0.2) is 42.5 Å². The number of amides is 2. The average molecular weight is 427 g/mol. The normalized spacial score (nSPS) is 11.2. The number of para-hydroxylation sites is 2. The number of hydrogen-bond acceptors (Lipinski definition) is 5. The third-order valence-electron chi connectivity index (χ3n) is 3.84. The Morgan fingerprint density at radius 1 is 1.18 bits per heavy atom. The van der Waals surface area contributed by atoms with Gasteiger partial charge >= 0.3 is 16.1 Å². The second-order valence-corrected chi connectivity index (χ2v) is 8.40. The van der Waals surface area contributed by atoms with Crippen molar-refractivity contribution < 1.29 is 22.1 Å². The molecular weight excluding hydrogens is 404 g/mol. The van der Waals surface area contributed by atoms with Gasteiger partial charge in [0.05, 0.1) is 25.6 Å². The molecule has 1 N–H and O–H groups in total. The molecule has 7 nitrogen and oxygen atoms in total. The quantitative estimate of drug-likeness (QED) is 0.673. The van der Waals surface area contributed by atoms with E-state index in [9.17, 15) is 13.2 Å². The molecule has 0 unspecified atom stereocenters. The first-order chi connectivity index (χ1) is 13.1. The molecule has 0 aromatic heterocycles. The van der Waals surface area contributed by atoms with E-state index in [4.69, 9.17) is 20.5 Å². The average Bonchev–Trinajstić information content (AvgIpc) is 2.60. The standard InChI is InChI=1S/C19H23ClN2O5S/c1-13(2)22(19(23)21-16-7-5-6-8-18(16)26-3)12-14-11-15(20)9-10-17(14)27-28(4,24)25/h5-11,13H,12H2,1-4H3,(H,21,23). The first-order valence-electron chi connectivity index (χ1n) is 8.49. The van der Waals surface area contributed by atoms with Gasteiger partial charge in [-0.25, -0.2) is 4.79 Å². The lowest BCUT2D eigenvalue weighted by molar-refractivity contribution is 0.193. The van der Waals surface area contributed by atoms with Crippen molar-refractivity contribution in [3.8, 4) is 11.5 Å². The van der Waals surface area contributed by atoms with Gasteiger partial charge in [0.15, 0.2) is 0 Å². The van der Waals surface area contributed by atoms with E-state index in [0.717, 1.165) is 6.26 Å². The Morgan fingerprint density at radius 2 is 1.86 bits per heavy atom. The van der Waals surface area contributed by atoms with E-state index < -0.39 is 10.1 Å². The van der Waals surface area contributed by atoms with Crippen LogP contribution in [-0.4, -0.2) is 38.8 Å². The molecule has 0 aliphatic heterocycles. The molecule has 0 heterocycles. The van der Waals surface area contributed by atoms with Crippen LogP contribution in [0.2, 0.25) is 5.02 Å². The van der Waals surface area contributed by atoms with Crippen molar-refractivity contribution in [3.05, 3.63) is 53.1 Å². The lowest BCUT2D eigenvalue weighted by Crippen LogP contribution is -2.39. The Labute approximate surface area is 170 Å². The largest absolute Gasteiger partial charge is 0.495 e. The van der Waals surface area contributed by atoms with Crippen LogP contribution >= 0.6 is 11.6 Å². The van der Waals surface area contributed by atoms with E-state index in [0.29, 0.717) is 22.0 Å². The summed E-state index contributed by atoms with van der Waals surface area (Å²) in [7, 11) is -2.21. The Kier molecular flexibility index (Phi) is 7.15. The van der Waals surface area contributed by atoms with E-state index >= 15 is 0 Å². The SMILES string of the molecule is COc1ccccc1NC(=O)N(Cc1cc(Cl)ccc1OS(C)(=O)=O)C(C)C. The summed E-state index contributed by atoms with van der Waals surface area (Å²) in [6, 6.07) is 11.1. The first kappa shape index (κ1) is 21.8. The molecule has 2 rings (SSSR count). The molecule has 0 fully saturated rings. The number of rotatable bonds is 7. The topological polar surface area (TPSA) is 84.9 Å². The molecule has 2 aromatic rings. The monoisotopic (exact) mass is 426 g/mol. The van der Waals surface area contributed by atoms with Crippen LogP contribution in [0, 0.1) is 0 Å². The van der Waals surface area contributed by atoms with E-state index in [1.165, 1.54) is 24.1 Å². The second kappa shape index (κ2) is 9.16. The van der Waals surface area contributed by atoms with Gasteiger partial charge in [-0.15, -0.1) is 0 Å². The van der Waals surface area contributed by atoms with Gasteiger partial charge in [-0.05, 0) is 44.2 Å². The number of urea groups is 1. The molecule has 0 bridgehead atoms. The number of carbonyl (C=O) groups is 1. The van der Waals surface area contributed by atoms with Crippen molar-refractivity contribution in [1.29, 1.82) is 0 Å². The minimum atomic E-state index is -3.73. The fraction of sp³-hybridized carbons (Fsp3) is 0.316. The Hall–Kier alpha value is -2.45.